The molecule has 0 bridgehead atoms. The van der Waals surface area contributed by atoms with E-state index >= 15 is 0 Å². The molecular weight excluding hydrogens is 349 g/mol. The van der Waals surface area contributed by atoms with Gasteiger partial charge in [0.15, 0.2) is 12.4 Å². The maximum absolute atomic E-state index is 12.4. The number of hydrogen-bond donors (Lipinski definition) is 0. The normalized spacial score (nSPS) is 12.9. The van der Waals surface area contributed by atoms with Gasteiger partial charge in [0.25, 0.3) is 5.91 Å². The highest BCUT2D eigenvalue weighted by Crippen LogP contribution is 2.30. The number of ether oxygens (including phenoxy) is 1. The van der Waals surface area contributed by atoms with Gasteiger partial charge in [-0.3, -0.25) is 9.59 Å². The van der Waals surface area contributed by atoms with Crippen LogP contribution in [0.5, 0.6) is 5.75 Å². The van der Waals surface area contributed by atoms with E-state index in [2.05, 4.69) is 0 Å². The number of anilines is 1. The van der Waals surface area contributed by atoms with E-state index in [0.717, 1.165) is 17.7 Å². The molecule has 0 N–H and O–H groups in total. The van der Waals surface area contributed by atoms with Gasteiger partial charge in [-0.1, -0.05) is 23.2 Å². The van der Waals surface area contributed by atoms with Gasteiger partial charge in [-0.15, -0.1) is 0 Å². The Bertz CT molecular complexity index is 820. The van der Waals surface area contributed by atoms with Crippen molar-refractivity contribution in [2.75, 3.05) is 18.1 Å². The molecule has 24 heavy (non-hydrogen) atoms. The minimum Gasteiger partial charge on any atom is -0.482 e. The van der Waals surface area contributed by atoms with E-state index in [1.807, 2.05) is 12.1 Å². The molecule has 0 saturated carbocycles. The summed E-state index contributed by atoms with van der Waals surface area (Å²) in [7, 11) is 0. The van der Waals surface area contributed by atoms with E-state index in [-0.39, 0.29) is 18.3 Å². The monoisotopic (exact) mass is 363 g/mol. The molecule has 0 aliphatic carbocycles. The fourth-order valence-corrected chi connectivity index (χ4v) is 3.15. The quantitative estimate of drug-likeness (QED) is 0.766. The van der Waals surface area contributed by atoms with Gasteiger partial charge in [0.1, 0.15) is 5.75 Å². The second-order valence-electron chi connectivity index (χ2n) is 5.56. The SMILES string of the molecule is CC(=O)c1ccc2c(c1)CCN2C(=O)COc1ccc(Cl)cc1Cl. The highest BCUT2D eigenvalue weighted by Gasteiger charge is 2.25. The Morgan fingerprint density at radius 2 is 1.96 bits per heavy atom. The molecule has 2 aromatic rings. The number of halogens is 2. The van der Waals surface area contributed by atoms with Crippen LogP contribution in [0.25, 0.3) is 0 Å². The van der Waals surface area contributed by atoms with Crippen LogP contribution in [0.15, 0.2) is 36.4 Å². The molecule has 0 radical (unpaired) electrons. The number of fused-ring (bicyclic) bond motifs is 1. The predicted octanol–water partition coefficient (Wildman–Crippen LogP) is 4.16. The molecule has 0 saturated heterocycles. The molecule has 0 spiro atoms. The summed E-state index contributed by atoms with van der Waals surface area (Å²) in [5.41, 5.74) is 2.49. The molecule has 124 valence electrons. The third-order valence-electron chi connectivity index (χ3n) is 3.93. The summed E-state index contributed by atoms with van der Waals surface area (Å²) in [6.45, 7) is 1.99. The summed E-state index contributed by atoms with van der Waals surface area (Å²) in [6, 6.07) is 10.3. The number of amides is 1. The Morgan fingerprint density at radius 1 is 1.17 bits per heavy atom. The Hall–Kier alpha value is -2.04. The number of Topliss-reactive ketones (excluding diaryl/α,β-unsaturated/α-hetero) is 1. The first-order valence-corrected chi connectivity index (χ1v) is 8.23. The predicted molar refractivity (Wildman–Crippen MR) is 94.5 cm³/mol. The fourth-order valence-electron chi connectivity index (χ4n) is 2.69. The molecule has 0 unspecified atom stereocenters. The van der Waals surface area contributed by atoms with Gasteiger partial charge in [-0.05, 0) is 55.3 Å². The number of nitrogens with zero attached hydrogens (tertiary/aromatic N) is 1. The minimum absolute atomic E-state index is 0.0169. The lowest BCUT2D eigenvalue weighted by Gasteiger charge is -2.18. The average molecular weight is 364 g/mol. The molecule has 6 heteroatoms. The van der Waals surface area contributed by atoms with Crippen molar-refractivity contribution in [1.29, 1.82) is 0 Å². The second-order valence-corrected chi connectivity index (χ2v) is 6.40. The van der Waals surface area contributed by atoms with Crippen LogP contribution in [0.1, 0.15) is 22.8 Å². The number of hydrogen-bond acceptors (Lipinski definition) is 3. The van der Waals surface area contributed by atoms with E-state index in [4.69, 9.17) is 27.9 Å². The van der Waals surface area contributed by atoms with Crippen LogP contribution in [0.3, 0.4) is 0 Å². The van der Waals surface area contributed by atoms with Crippen molar-refractivity contribution in [1.82, 2.24) is 0 Å². The van der Waals surface area contributed by atoms with Gasteiger partial charge in [0.2, 0.25) is 0 Å². The lowest BCUT2D eigenvalue weighted by atomic mass is 10.1. The topological polar surface area (TPSA) is 46.6 Å². The van der Waals surface area contributed by atoms with Crippen molar-refractivity contribution in [2.24, 2.45) is 0 Å². The summed E-state index contributed by atoms with van der Waals surface area (Å²) in [5.74, 6) is 0.277. The van der Waals surface area contributed by atoms with E-state index < -0.39 is 0 Å². The van der Waals surface area contributed by atoms with Crippen LogP contribution < -0.4 is 9.64 Å². The summed E-state index contributed by atoms with van der Waals surface area (Å²) >= 11 is 11.9. The summed E-state index contributed by atoms with van der Waals surface area (Å²) in [4.78, 5) is 25.6. The summed E-state index contributed by atoms with van der Waals surface area (Å²) in [5, 5.41) is 0.872. The van der Waals surface area contributed by atoms with Crippen molar-refractivity contribution in [3.05, 3.63) is 57.6 Å². The molecule has 1 heterocycles. The van der Waals surface area contributed by atoms with Gasteiger partial charge in [0.05, 0.1) is 5.02 Å². The van der Waals surface area contributed by atoms with E-state index in [1.54, 1.807) is 29.2 Å². The molecule has 1 amide bonds. The lowest BCUT2D eigenvalue weighted by Crippen LogP contribution is -2.33. The van der Waals surface area contributed by atoms with Crippen molar-refractivity contribution < 1.29 is 14.3 Å². The molecule has 3 rings (SSSR count). The summed E-state index contributed by atoms with van der Waals surface area (Å²) in [6.07, 6.45) is 0.726. The standard InChI is InChI=1S/C18H15Cl2NO3/c1-11(22)12-2-4-16-13(8-12)6-7-21(16)18(23)10-24-17-5-3-14(19)9-15(17)20/h2-5,8-9H,6-7,10H2,1H3. The smallest absolute Gasteiger partial charge is 0.264 e. The lowest BCUT2D eigenvalue weighted by molar-refractivity contribution is -0.120. The first kappa shape index (κ1) is 16.8. The minimum atomic E-state index is -0.157. The second kappa shape index (κ2) is 6.83. The van der Waals surface area contributed by atoms with Gasteiger partial charge >= 0.3 is 0 Å². The van der Waals surface area contributed by atoms with E-state index in [0.29, 0.717) is 27.9 Å². The number of rotatable bonds is 4. The zero-order valence-corrected chi connectivity index (χ0v) is 14.5. The van der Waals surface area contributed by atoms with Crippen molar-refractivity contribution in [3.63, 3.8) is 0 Å². The zero-order chi connectivity index (χ0) is 17.3. The molecule has 1 aliphatic rings. The van der Waals surface area contributed by atoms with Gasteiger partial charge in [-0.25, -0.2) is 0 Å². The first-order valence-electron chi connectivity index (χ1n) is 7.48. The highest BCUT2D eigenvalue weighted by atomic mass is 35.5. The maximum atomic E-state index is 12.4. The molecule has 0 aromatic heterocycles. The van der Waals surface area contributed by atoms with Crippen molar-refractivity contribution >= 4 is 40.6 Å². The van der Waals surface area contributed by atoms with E-state index in [9.17, 15) is 9.59 Å². The highest BCUT2D eigenvalue weighted by molar-refractivity contribution is 6.35. The number of benzene rings is 2. The van der Waals surface area contributed by atoms with Crippen LogP contribution in [-0.4, -0.2) is 24.8 Å². The largest absolute Gasteiger partial charge is 0.482 e. The molecule has 0 fully saturated rings. The Morgan fingerprint density at radius 3 is 2.67 bits per heavy atom. The number of ketones is 1. The van der Waals surface area contributed by atoms with Crippen LogP contribution in [0.4, 0.5) is 5.69 Å². The zero-order valence-electron chi connectivity index (χ0n) is 13.0. The Balaban J connectivity index is 1.70. The van der Waals surface area contributed by atoms with Crippen LogP contribution in [-0.2, 0) is 11.2 Å². The molecular formula is C18H15Cl2NO3. The number of carbonyl (C=O) groups excluding carboxylic acids is 2. The van der Waals surface area contributed by atoms with Gasteiger partial charge in [0, 0.05) is 22.8 Å². The van der Waals surface area contributed by atoms with Crippen LogP contribution in [0, 0.1) is 0 Å². The third-order valence-corrected chi connectivity index (χ3v) is 4.46. The molecule has 0 atom stereocenters. The van der Waals surface area contributed by atoms with Crippen LogP contribution in [0.2, 0.25) is 10.0 Å². The average Bonchev–Trinajstić information content (AvgIpc) is 2.96. The van der Waals surface area contributed by atoms with Crippen LogP contribution >= 0.6 is 23.2 Å². The summed E-state index contributed by atoms with van der Waals surface area (Å²) < 4.78 is 5.51. The fraction of sp³-hybridized carbons (Fsp3) is 0.222. The Labute approximate surface area is 149 Å². The van der Waals surface area contributed by atoms with Crippen molar-refractivity contribution in [3.8, 4) is 5.75 Å². The van der Waals surface area contributed by atoms with Crippen molar-refractivity contribution in [2.45, 2.75) is 13.3 Å². The van der Waals surface area contributed by atoms with E-state index in [1.165, 1.54) is 6.92 Å². The Kier molecular flexibility index (Phi) is 4.78. The maximum Gasteiger partial charge on any atom is 0.264 e. The number of carbonyl (C=O) groups is 2. The molecule has 4 nitrogen and oxygen atoms in total. The molecule has 1 aliphatic heterocycles. The first-order chi connectivity index (χ1) is 11.5. The van der Waals surface area contributed by atoms with Gasteiger partial charge < -0.3 is 9.64 Å². The third kappa shape index (κ3) is 3.40. The van der Waals surface area contributed by atoms with Gasteiger partial charge in [-0.2, -0.15) is 0 Å². The molecule has 2 aromatic carbocycles.